The minimum absolute atomic E-state index is 0.0781. The lowest BCUT2D eigenvalue weighted by Crippen LogP contribution is -2.23. The Balaban J connectivity index is 2.33. The molecule has 20 heavy (non-hydrogen) atoms. The fraction of sp³-hybridized carbons (Fsp3) is 0. The Morgan fingerprint density at radius 3 is 2.70 bits per heavy atom. The van der Waals surface area contributed by atoms with Gasteiger partial charge in [0.25, 0.3) is 5.56 Å². The molecule has 0 atom stereocenters. The van der Waals surface area contributed by atoms with Crippen LogP contribution in [-0.4, -0.2) is 33.4 Å². The fourth-order valence-corrected chi connectivity index (χ4v) is 2.46. The predicted octanol–water partition coefficient (Wildman–Crippen LogP) is -0.897. The van der Waals surface area contributed by atoms with Crippen LogP contribution in [-0.2, 0) is 10.0 Å². The average molecular weight is 292 g/mol. The van der Waals surface area contributed by atoms with E-state index in [1.807, 2.05) is 0 Å². The van der Waals surface area contributed by atoms with Gasteiger partial charge in [0.15, 0.2) is 5.69 Å². The molecule has 0 radical (unpaired) electrons. The summed E-state index contributed by atoms with van der Waals surface area (Å²) in [5.74, 6) is 0.109. The lowest BCUT2D eigenvalue weighted by atomic mass is 10.3. The Kier molecular flexibility index (Phi) is 2.62. The van der Waals surface area contributed by atoms with Crippen LogP contribution in [0, 0.1) is 0 Å². The van der Waals surface area contributed by atoms with E-state index in [-0.39, 0.29) is 22.1 Å². The molecule has 9 nitrogen and oxygen atoms in total. The summed E-state index contributed by atoms with van der Waals surface area (Å²) in [5, 5.41) is 11.5. The second-order valence-electron chi connectivity index (χ2n) is 3.91. The van der Waals surface area contributed by atoms with Gasteiger partial charge in [-0.2, -0.15) is 4.80 Å². The number of nitrogens with zero attached hydrogens (tertiary/aromatic N) is 4. The Bertz CT molecular complexity index is 913. The fourth-order valence-electron chi connectivity index (χ4n) is 1.75. The summed E-state index contributed by atoms with van der Waals surface area (Å²) in [6, 6.07) is 5.89. The van der Waals surface area contributed by atoms with Crippen LogP contribution >= 0.6 is 0 Å². The normalized spacial score (nSPS) is 11.8. The highest BCUT2D eigenvalue weighted by Gasteiger charge is 2.18. The second-order valence-corrected chi connectivity index (χ2v) is 5.44. The van der Waals surface area contributed by atoms with Crippen LogP contribution in [0.1, 0.15) is 0 Å². The summed E-state index contributed by atoms with van der Waals surface area (Å²) in [6.07, 6.45) is 1.20. The first-order chi connectivity index (χ1) is 9.47. The highest BCUT2D eigenvalue weighted by molar-refractivity contribution is 7.89. The Hall–Kier alpha value is -2.59. The van der Waals surface area contributed by atoms with Gasteiger partial charge in [-0.3, -0.25) is 4.79 Å². The highest BCUT2D eigenvalue weighted by atomic mass is 32.2. The van der Waals surface area contributed by atoms with Crippen LogP contribution in [0.4, 0.5) is 0 Å². The predicted molar refractivity (Wildman–Crippen MR) is 67.8 cm³/mol. The molecule has 0 spiro atoms. The average Bonchev–Trinajstić information content (AvgIpc) is 2.86. The maximum atomic E-state index is 11.8. The number of primary sulfonamides is 1. The van der Waals surface area contributed by atoms with E-state index in [1.165, 1.54) is 24.5 Å². The molecule has 1 aromatic carbocycles. The van der Waals surface area contributed by atoms with Crippen molar-refractivity contribution in [2.24, 2.45) is 5.14 Å². The van der Waals surface area contributed by atoms with Gasteiger partial charge in [0.05, 0.1) is 0 Å². The zero-order valence-corrected chi connectivity index (χ0v) is 10.7. The van der Waals surface area contributed by atoms with Gasteiger partial charge in [0.1, 0.15) is 16.9 Å². The molecule has 2 heterocycles. The second kappa shape index (κ2) is 4.21. The lowest BCUT2D eigenvalue weighted by molar-refractivity contribution is 0.593. The van der Waals surface area contributed by atoms with Crippen molar-refractivity contribution in [3.05, 3.63) is 40.9 Å². The quantitative estimate of drug-likeness (QED) is 0.628. The molecular weight excluding hydrogens is 284 g/mol. The van der Waals surface area contributed by atoms with E-state index < -0.39 is 15.6 Å². The zero-order valence-electron chi connectivity index (χ0n) is 9.89. The summed E-state index contributed by atoms with van der Waals surface area (Å²) < 4.78 is 23.1. The van der Waals surface area contributed by atoms with E-state index in [1.54, 1.807) is 6.07 Å². The third-order valence-electron chi connectivity index (χ3n) is 2.60. The van der Waals surface area contributed by atoms with E-state index in [9.17, 15) is 13.2 Å². The maximum absolute atomic E-state index is 11.8. The van der Waals surface area contributed by atoms with E-state index in [0.717, 1.165) is 4.80 Å². The van der Waals surface area contributed by atoms with E-state index in [0.29, 0.717) is 0 Å². The molecule has 0 amide bonds. The largest absolute Gasteiger partial charge is 0.294 e. The Morgan fingerprint density at radius 1 is 1.20 bits per heavy atom. The van der Waals surface area contributed by atoms with Crippen molar-refractivity contribution in [2.45, 2.75) is 4.90 Å². The minimum atomic E-state index is -3.95. The summed E-state index contributed by atoms with van der Waals surface area (Å²) in [6.45, 7) is 0. The molecule has 102 valence electrons. The molecule has 1 aromatic rings. The maximum Gasteiger partial charge on any atom is 0.294 e. The van der Waals surface area contributed by atoms with Crippen molar-refractivity contribution in [1.82, 2.24) is 25.0 Å². The first kappa shape index (κ1) is 12.4. The van der Waals surface area contributed by atoms with Gasteiger partial charge in [-0.1, -0.05) is 12.1 Å². The molecule has 3 N–H and O–H groups in total. The van der Waals surface area contributed by atoms with Crippen LogP contribution in [0.3, 0.4) is 0 Å². The van der Waals surface area contributed by atoms with Gasteiger partial charge in [-0.15, -0.1) is 5.10 Å². The number of aromatic nitrogens is 5. The van der Waals surface area contributed by atoms with Gasteiger partial charge in [-0.05, 0) is 12.1 Å². The smallest absolute Gasteiger partial charge is 0.265 e. The lowest BCUT2D eigenvalue weighted by Gasteiger charge is -2.09. The number of benzene rings is 1. The minimum Gasteiger partial charge on any atom is -0.265 e. The molecule has 2 aliphatic heterocycles. The van der Waals surface area contributed by atoms with Crippen LogP contribution in [0.5, 0.6) is 0 Å². The van der Waals surface area contributed by atoms with E-state index in [2.05, 4.69) is 20.2 Å². The van der Waals surface area contributed by atoms with Crippen LogP contribution < -0.4 is 10.7 Å². The topological polar surface area (TPSA) is 137 Å². The van der Waals surface area contributed by atoms with E-state index in [4.69, 9.17) is 5.14 Å². The summed E-state index contributed by atoms with van der Waals surface area (Å²) >= 11 is 0. The van der Waals surface area contributed by atoms with Gasteiger partial charge < -0.3 is 0 Å². The first-order valence-electron chi connectivity index (χ1n) is 5.39. The third kappa shape index (κ3) is 1.96. The SMILES string of the molecule is NS(=O)(=O)c1ccccc1-n1nc2ncnc-2c(=O)[nH]1. The number of nitrogens with two attached hydrogens (primary N) is 1. The number of hydrogen-bond acceptors (Lipinski definition) is 6. The van der Waals surface area contributed by atoms with Gasteiger partial charge in [0, 0.05) is 0 Å². The summed E-state index contributed by atoms with van der Waals surface area (Å²) in [4.78, 5) is 20.2. The van der Waals surface area contributed by atoms with Crippen molar-refractivity contribution in [3.8, 4) is 17.2 Å². The number of H-pyrrole nitrogens is 1. The molecule has 3 rings (SSSR count). The van der Waals surface area contributed by atoms with Crippen LogP contribution in [0.2, 0.25) is 0 Å². The molecular formula is C10H8N6O3S. The van der Waals surface area contributed by atoms with Crippen LogP contribution in [0.25, 0.3) is 17.2 Å². The number of imidazole rings is 1. The molecule has 10 heteroatoms. The van der Waals surface area contributed by atoms with Crippen molar-refractivity contribution >= 4 is 10.0 Å². The van der Waals surface area contributed by atoms with Gasteiger partial charge in [-0.25, -0.2) is 28.6 Å². The number of hydrogen-bond donors (Lipinski definition) is 2. The van der Waals surface area contributed by atoms with Crippen LogP contribution in [0.15, 0.2) is 40.3 Å². The number of fused-ring (bicyclic) bond motifs is 1. The summed E-state index contributed by atoms with van der Waals surface area (Å²) in [7, 11) is -3.95. The molecule has 0 aromatic heterocycles. The van der Waals surface area contributed by atoms with Crippen molar-refractivity contribution < 1.29 is 8.42 Å². The number of para-hydroxylation sites is 1. The molecule has 0 bridgehead atoms. The first-order valence-corrected chi connectivity index (χ1v) is 6.94. The van der Waals surface area contributed by atoms with Gasteiger partial charge in [0.2, 0.25) is 15.8 Å². The Labute approximate surface area is 112 Å². The molecule has 0 saturated heterocycles. The summed E-state index contributed by atoms with van der Waals surface area (Å²) in [5.41, 5.74) is -0.331. The number of sulfonamides is 1. The van der Waals surface area contributed by atoms with E-state index >= 15 is 0 Å². The van der Waals surface area contributed by atoms with Crippen molar-refractivity contribution in [2.75, 3.05) is 0 Å². The zero-order chi connectivity index (χ0) is 14.3. The number of rotatable bonds is 2. The molecule has 0 saturated carbocycles. The third-order valence-corrected chi connectivity index (χ3v) is 3.55. The molecule has 0 unspecified atom stereocenters. The standard InChI is InChI=1S/C10H8N6O3S/c11-20(18,19)7-4-2-1-3-6(7)16-14-9-8(10(17)15-16)12-5-13-9/h1-5H,(H,15,17)(H2,11,18,19). The highest BCUT2D eigenvalue weighted by Crippen LogP contribution is 2.17. The van der Waals surface area contributed by atoms with Gasteiger partial charge >= 0.3 is 0 Å². The monoisotopic (exact) mass is 292 g/mol. The molecule has 0 fully saturated rings. The molecule has 0 aliphatic carbocycles. The van der Waals surface area contributed by atoms with Crippen molar-refractivity contribution in [1.29, 1.82) is 0 Å². The van der Waals surface area contributed by atoms with Crippen molar-refractivity contribution in [3.63, 3.8) is 0 Å². The number of nitrogens with one attached hydrogen (secondary N) is 1. The Morgan fingerprint density at radius 2 is 1.95 bits per heavy atom. The number of aromatic amines is 1. The molecule has 2 aliphatic rings.